The molecule has 1 fully saturated rings. The molecule has 1 aromatic rings. The summed E-state index contributed by atoms with van der Waals surface area (Å²) in [4.78, 5) is 0. The van der Waals surface area contributed by atoms with Crippen LogP contribution >= 0.6 is 11.6 Å². The van der Waals surface area contributed by atoms with Gasteiger partial charge in [-0.1, -0.05) is 31.2 Å². The molecular formula is C14H19Cl. The van der Waals surface area contributed by atoms with Crippen molar-refractivity contribution in [2.45, 2.75) is 44.9 Å². The number of halogens is 1. The average molecular weight is 223 g/mol. The molecule has 0 nitrogen and oxygen atoms in total. The SMILES string of the molecule is CCc1ccc(CC2(C(C)Cl)CC2)cc1. The largest absolute Gasteiger partial charge is 0.123 e. The highest BCUT2D eigenvalue weighted by molar-refractivity contribution is 6.21. The van der Waals surface area contributed by atoms with Crippen molar-refractivity contribution in [1.29, 1.82) is 0 Å². The lowest BCUT2D eigenvalue weighted by Gasteiger charge is -2.17. The van der Waals surface area contributed by atoms with Crippen molar-refractivity contribution in [3.8, 4) is 0 Å². The highest BCUT2D eigenvalue weighted by Gasteiger charge is 2.46. The molecule has 0 bridgehead atoms. The topological polar surface area (TPSA) is 0 Å². The Morgan fingerprint density at radius 3 is 2.13 bits per heavy atom. The van der Waals surface area contributed by atoms with Crippen molar-refractivity contribution >= 4 is 11.6 Å². The van der Waals surface area contributed by atoms with Gasteiger partial charge in [-0.2, -0.15) is 0 Å². The zero-order chi connectivity index (χ0) is 10.9. The molecule has 0 heterocycles. The molecule has 1 aromatic carbocycles. The average Bonchev–Trinajstić information content (AvgIpc) is 3.00. The maximum atomic E-state index is 6.24. The number of aryl methyl sites for hydroxylation is 1. The third-order valence-corrected chi connectivity index (χ3v) is 4.19. The molecule has 82 valence electrons. The van der Waals surface area contributed by atoms with E-state index in [2.05, 4.69) is 38.1 Å². The fraction of sp³-hybridized carbons (Fsp3) is 0.571. The molecule has 0 aromatic heterocycles. The van der Waals surface area contributed by atoms with Crippen molar-refractivity contribution in [2.24, 2.45) is 5.41 Å². The van der Waals surface area contributed by atoms with Crippen LogP contribution in [0.5, 0.6) is 0 Å². The number of hydrogen-bond donors (Lipinski definition) is 0. The Kier molecular flexibility index (Phi) is 3.06. The van der Waals surface area contributed by atoms with Crippen LogP contribution in [0.25, 0.3) is 0 Å². The number of rotatable bonds is 4. The van der Waals surface area contributed by atoms with Gasteiger partial charge in [-0.25, -0.2) is 0 Å². The zero-order valence-electron chi connectivity index (χ0n) is 9.59. The quantitative estimate of drug-likeness (QED) is 0.670. The van der Waals surface area contributed by atoms with E-state index in [1.807, 2.05) is 0 Å². The van der Waals surface area contributed by atoms with Crippen molar-refractivity contribution in [3.63, 3.8) is 0 Å². The molecule has 0 N–H and O–H groups in total. The number of hydrogen-bond acceptors (Lipinski definition) is 0. The van der Waals surface area contributed by atoms with Crippen LogP contribution in [0.1, 0.15) is 37.8 Å². The first kappa shape index (κ1) is 11.0. The molecule has 0 radical (unpaired) electrons. The lowest BCUT2D eigenvalue weighted by molar-refractivity contribution is 0.496. The second-order valence-corrected chi connectivity index (χ2v) is 5.48. The Morgan fingerprint density at radius 1 is 1.20 bits per heavy atom. The van der Waals surface area contributed by atoms with E-state index in [1.165, 1.54) is 24.0 Å². The third kappa shape index (κ3) is 2.36. The smallest absolute Gasteiger partial charge is 0.0367 e. The van der Waals surface area contributed by atoms with E-state index in [9.17, 15) is 0 Å². The van der Waals surface area contributed by atoms with Gasteiger partial charge in [-0.3, -0.25) is 0 Å². The van der Waals surface area contributed by atoms with Crippen LogP contribution in [-0.4, -0.2) is 5.38 Å². The maximum absolute atomic E-state index is 6.24. The normalized spacial score (nSPS) is 19.9. The van der Waals surface area contributed by atoms with Gasteiger partial charge in [0.2, 0.25) is 0 Å². The van der Waals surface area contributed by atoms with Crippen LogP contribution in [0.3, 0.4) is 0 Å². The Morgan fingerprint density at radius 2 is 1.73 bits per heavy atom. The van der Waals surface area contributed by atoms with Gasteiger partial charge in [0.25, 0.3) is 0 Å². The monoisotopic (exact) mass is 222 g/mol. The van der Waals surface area contributed by atoms with Crippen molar-refractivity contribution < 1.29 is 0 Å². The molecule has 1 aliphatic rings. The van der Waals surface area contributed by atoms with Gasteiger partial charge in [-0.05, 0) is 49.1 Å². The Hall–Kier alpha value is -0.490. The minimum atomic E-state index is 0.309. The molecule has 0 spiro atoms. The van der Waals surface area contributed by atoms with E-state index < -0.39 is 0 Å². The van der Waals surface area contributed by atoms with E-state index >= 15 is 0 Å². The van der Waals surface area contributed by atoms with Crippen LogP contribution < -0.4 is 0 Å². The molecule has 1 saturated carbocycles. The molecule has 1 unspecified atom stereocenters. The van der Waals surface area contributed by atoms with Gasteiger partial charge in [-0.15, -0.1) is 11.6 Å². The molecule has 1 heteroatoms. The molecule has 15 heavy (non-hydrogen) atoms. The minimum Gasteiger partial charge on any atom is -0.123 e. The molecule has 2 rings (SSSR count). The van der Waals surface area contributed by atoms with Crippen LogP contribution in [0.2, 0.25) is 0 Å². The molecule has 0 aliphatic heterocycles. The number of alkyl halides is 1. The summed E-state index contributed by atoms with van der Waals surface area (Å²) in [5.41, 5.74) is 3.27. The van der Waals surface area contributed by atoms with Gasteiger partial charge in [0.15, 0.2) is 0 Å². The molecular weight excluding hydrogens is 204 g/mol. The summed E-state index contributed by atoms with van der Waals surface area (Å²) < 4.78 is 0. The molecule has 1 atom stereocenters. The Bertz CT molecular complexity index is 320. The predicted octanol–water partition coefficient (Wildman–Crippen LogP) is 4.20. The first-order valence-electron chi connectivity index (χ1n) is 5.88. The highest BCUT2D eigenvalue weighted by Crippen LogP contribution is 2.53. The summed E-state index contributed by atoms with van der Waals surface area (Å²) in [6, 6.07) is 9.00. The molecule has 1 aliphatic carbocycles. The fourth-order valence-corrected chi connectivity index (χ4v) is 2.47. The van der Waals surface area contributed by atoms with E-state index in [1.54, 1.807) is 0 Å². The maximum Gasteiger partial charge on any atom is 0.0367 e. The predicted molar refractivity (Wildman–Crippen MR) is 66.5 cm³/mol. The fourth-order valence-electron chi connectivity index (χ4n) is 2.18. The second-order valence-electron chi connectivity index (χ2n) is 4.83. The van der Waals surface area contributed by atoms with Gasteiger partial charge in [0.05, 0.1) is 0 Å². The summed E-state index contributed by atoms with van der Waals surface area (Å²) in [6.45, 7) is 4.33. The number of benzene rings is 1. The van der Waals surface area contributed by atoms with E-state index in [0.717, 1.165) is 12.8 Å². The minimum absolute atomic E-state index is 0.309. The molecule has 0 saturated heterocycles. The third-order valence-electron chi connectivity index (χ3n) is 3.72. The van der Waals surface area contributed by atoms with Crippen LogP contribution in [0.4, 0.5) is 0 Å². The van der Waals surface area contributed by atoms with Crippen molar-refractivity contribution in [2.75, 3.05) is 0 Å². The van der Waals surface area contributed by atoms with Gasteiger partial charge in [0.1, 0.15) is 0 Å². The van der Waals surface area contributed by atoms with Crippen LogP contribution in [-0.2, 0) is 12.8 Å². The zero-order valence-corrected chi connectivity index (χ0v) is 10.3. The lowest BCUT2D eigenvalue weighted by atomic mass is 9.93. The van der Waals surface area contributed by atoms with Crippen molar-refractivity contribution in [3.05, 3.63) is 35.4 Å². The summed E-state index contributed by atoms with van der Waals surface area (Å²) >= 11 is 6.24. The van der Waals surface area contributed by atoms with Crippen LogP contribution in [0, 0.1) is 5.41 Å². The Balaban J connectivity index is 2.05. The van der Waals surface area contributed by atoms with Crippen molar-refractivity contribution in [1.82, 2.24) is 0 Å². The first-order chi connectivity index (χ1) is 7.16. The van der Waals surface area contributed by atoms with E-state index in [-0.39, 0.29) is 0 Å². The van der Waals surface area contributed by atoms with E-state index in [4.69, 9.17) is 11.6 Å². The van der Waals surface area contributed by atoms with Gasteiger partial charge in [0, 0.05) is 5.38 Å². The molecule has 0 amide bonds. The second kappa shape index (κ2) is 4.17. The van der Waals surface area contributed by atoms with Gasteiger partial charge >= 0.3 is 0 Å². The highest BCUT2D eigenvalue weighted by atomic mass is 35.5. The summed E-state index contributed by atoms with van der Waals surface area (Å²) in [6.07, 6.45) is 4.87. The standard InChI is InChI=1S/C14H19Cl/c1-3-12-4-6-13(7-5-12)10-14(8-9-14)11(2)15/h4-7,11H,3,8-10H2,1-2H3. The summed E-state index contributed by atoms with van der Waals surface area (Å²) in [5, 5.41) is 0.309. The summed E-state index contributed by atoms with van der Waals surface area (Å²) in [5.74, 6) is 0. The lowest BCUT2D eigenvalue weighted by Crippen LogP contribution is -2.15. The van der Waals surface area contributed by atoms with Crippen LogP contribution in [0.15, 0.2) is 24.3 Å². The van der Waals surface area contributed by atoms with Gasteiger partial charge < -0.3 is 0 Å². The van der Waals surface area contributed by atoms with E-state index in [0.29, 0.717) is 10.8 Å². The first-order valence-corrected chi connectivity index (χ1v) is 6.32. The Labute approximate surface area is 97.6 Å². The summed E-state index contributed by atoms with van der Waals surface area (Å²) in [7, 11) is 0.